The fourth-order valence-corrected chi connectivity index (χ4v) is 5.26. The zero-order valence-electron chi connectivity index (χ0n) is 19.5. The van der Waals surface area contributed by atoms with Crippen LogP contribution in [0, 0.1) is 20.8 Å². The first-order valence-corrected chi connectivity index (χ1v) is 12.0. The van der Waals surface area contributed by atoms with Gasteiger partial charge in [-0.3, -0.25) is 19.5 Å². The van der Waals surface area contributed by atoms with Gasteiger partial charge < -0.3 is 5.11 Å². The molecule has 174 valence electrons. The molecule has 7 heteroatoms. The number of aliphatic hydroxyl groups excluding tert-OH is 1. The van der Waals surface area contributed by atoms with Gasteiger partial charge in [0.2, 0.25) is 5.78 Å². The third kappa shape index (κ3) is 3.94. The maximum Gasteiger partial charge on any atom is 0.294 e. The molecule has 1 unspecified atom stereocenters. The fraction of sp³-hybridized carbons (Fsp3) is 0.143. The van der Waals surface area contributed by atoms with E-state index < -0.39 is 23.5 Å². The molecule has 1 N–H and O–H groups in total. The standard InChI is InChI=1S/C28H23N3O3S/c1-16-12-13-20(15-17(16)2)31-23(21-11-7-8-14-29-21)22(25(33)28(31)34)24(32)26-18(3)30-27(35-26)19-9-5-4-6-10-19/h4-15,23,33H,1-3H3. The molecule has 1 amide bonds. The van der Waals surface area contributed by atoms with Crippen molar-refractivity contribution in [2.24, 2.45) is 0 Å². The summed E-state index contributed by atoms with van der Waals surface area (Å²) < 4.78 is 0. The van der Waals surface area contributed by atoms with Gasteiger partial charge in [-0.1, -0.05) is 42.5 Å². The van der Waals surface area contributed by atoms with Crippen LogP contribution in [-0.2, 0) is 4.79 Å². The van der Waals surface area contributed by atoms with Gasteiger partial charge in [-0.05, 0) is 56.2 Å². The zero-order chi connectivity index (χ0) is 24.7. The number of carbonyl (C=O) groups is 2. The van der Waals surface area contributed by atoms with E-state index >= 15 is 0 Å². The van der Waals surface area contributed by atoms with Crippen LogP contribution >= 0.6 is 11.3 Å². The molecule has 1 aliphatic heterocycles. The number of ketones is 1. The number of amides is 1. The normalized spacial score (nSPS) is 15.7. The SMILES string of the molecule is Cc1ccc(N2C(=O)C(O)=C(C(=O)c3sc(-c4ccccc4)nc3C)C2c2ccccn2)cc1C. The van der Waals surface area contributed by atoms with Crippen LogP contribution in [0.1, 0.15) is 38.2 Å². The molecule has 35 heavy (non-hydrogen) atoms. The monoisotopic (exact) mass is 481 g/mol. The Kier molecular flexibility index (Phi) is 5.78. The average Bonchev–Trinajstić information content (AvgIpc) is 3.39. The second kappa shape index (κ2) is 8.92. The van der Waals surface area contributed by atoms with E-state index in [1.54, 1.807) is 31.3 Å². The molecule has 0 saturated carbocycles. The lowest BCUT2D eigenvalue weighted by Crippen LogP contribution is -2.31. The van der Waals surface area contributed by atoms with Crippen molar-refractivity contribution in [1.82, 2.24) is 9.97 Å². The number of thiazole rings is 1. The lowest BCUT2D eigenvalue weighted by molar-refractivity contribution is -0.117. The Morgan fingerprint density at radius 3 is 2.40 bits per heavy atom. The van der Waals surface area contributed by atoms with Gasteiger partial charge in [0.15, 0.2) is 5.76 Å². The molecule has 2 aromatic carbocycles. The molecule has 2 aromatic heterocycles. The third-order valence-corrected chi connectivity index (χ3v) is 7.42. The van der Waals surface area contributed by atoms with Crippen LogP contribution in [0.2, 0.25) is 0 Å². The zero-order valence-corrected chi connectivity index (χ0v) is 20.3. The molecule has 0 aliphatic carbocycles. The average molecular weight is 482 g/mol. The molecule has 0 radical (unpaired) electrons. The van der Waals surface area contributed by atoms with Gasteiger partial charge in [0, 0.05) is 17.4 Å². The van der Waals surface area contributed by atoms with Crippen molar-refractivity contribution >= 4 is 28.7 Å². The summed E-state index contributed by atoms with van der Waals surface area (Å²) in [6.45, 7) is 5.71. The molecule has 3 heterocycles. The lowest BCUT2D eigenvalue weighted by Gasteiger charge is -2.26. The Bertz CT molecular complexity index is 1480. The van der Waals surface area contributed by atoms with Crippen molar-refractivity contribution in [3.63, 3.8) is 0 Å². The molecule has 1 atom stereocenters. The highest BCUT2D eigenvalue weighted by Crippen LogP contribution is 2.43. The summed E-state index contributed by atoms with van der Waals surface area (Å²) in [6.07, 6.45) is 1.61. The summed E-state index contributed by atoms with van der Waals surface area (Å²) in [5, 5.41) is 11.7. The predicted molar refractivity (Wildman–Crippen MR) is 137 cm³/mol. The number of rotatable bonds is 5. The van der Waals surface area contributed by atoms with Crippen LogP contribution in [0.4, 0.5) is 5.69 Å². The number of pyridine rings is 1. The first kappa shape index (κ1) is 22.7. The highest BCUT2D eigenvalue weighted by molar-refractivity contribution is 7.17. The van der Waals surface area contributed by atoms with Crippen LogP contribution in [0.5, 0.6) is 0 Å². The van der Waals surface area contributed by atoms with E-state index in [9.17, 15) is 14.7 Å². The van der Waals surface area contributed by atoms with Crippen molar-refractivity contribution in [2.45, 2.75) is 26.8 Å². The van der Waals surface area contributed by atoms with E-state index in [2.05, 4.69) is 9.97 Å². The number of aryl methyl sites for hydroxylation is 3. The Morgan fingerprint density at radius 1 is 0.971 bits per heavy atom. The van der Waals surface area contributed by atoms with Gasteiger partial charge in [0.05, 0.1) is 21.8 Å². The van der Waals surface area contributed by atoms with E-state index in [4.69, 9.17) is 0 Å². The summed E-state index contributed by atoms with van der Waals surface area (Å²) in [5.41, 5.74) is 4.64. The van der Waals surface area contributed by atoms with Gasteiger partial charge >= 0.3 is 0 Å². The van der Waals surface area contributed by atoms with Crippen LogP contribution < -0.4 is 4.90 Å². The summed E-state index contributed by atoms with van der Waals surface area (Å²) in [5.74, 6) is -1.61. The number of Topliss-reactive ketones (excluding diaryl/α,β-unsaturated/α-hetero) is 1. The number of aliphatic hydroxyl groups is 1. The van der Waals surface area contributed by atoms with E-state index in [0.717, 1.165) is 16.7 Å². The minimum Gasteiger partial charge on any atom is -0.503 e. The van der Waals surface area contributed by atoms with Crippen molar-refractivity contribution in [3.05, 3.63) is 112 Å². The summed E-state index contributed by atoms with van der Waals surface area (Å²) in [7, 11) is 0. The molecule has 4 aromatic rings. The first-order chi connectivity index (χ1) is 16.9. The largest absolute Gasteiger partial charge is 0.503 e. The summed E-state index contributed by atoms with van der Waals surface area (Å²) in [4.78, 5) is 38.1. The summed E-state index contributed by atoms with van der Waals surface area (Å²) in [6, 6.07) is 19.7. The predicted octanol–water partition coefficient (Wildman–Crippen LogP) is 5.91. The second-order valence-corrected chi connectivity index (χ2v) is 9.49. The number of carbonyl (C=O) groups excluding carboxylic acids is 2. The topological polar surface area (TPSA) is 83.4 Å². The Hall–Kier alpha value is -4.10. The van der Waals surface area contributed by atoms with Crippen molar-refractivity contribution in [1.29, 1.82) is 0 Å². The maximum atomic E-state index is 13.9. The lowest BCUT2D eigenvalue weighted by atomic mass is 9.98. The molecule has 0 spiro atoms. The Labute approximate surface area is 207 Å². The highest BCUT2D eigenvalue weighted by Gasteiger charge is 2.46. The Morgan fingerprint density at radius 2 is 1.71 bits per heavy atom. The maximum absolute atomic E-state index is 13.9. The number of hydrogen-bond donors (Lipinski definition) is 1. The minimum absolute atomic E-state index is 0.0123. The van der Waals surface area contributed by atoms with Gasteiger partial charge in [0.1, 0.15) is 11.0 Å². The number of anilines is 1. The van der Waals surface area contributed by atoms with Gasteiger partial charge in [-0.25, -0.2) is 4.98 Å². The van der Waals surface area contributed by atoms with Gasteiger partial charge in [-0.15, -0.1) is 11.3 Å². The first-order valence-electron chi connectivity index (χ1n) is 11.2. The van der Waals surface area contributed by atoms with Crippen molar-refractivity contribution in [3.8, 4) is 10.6 Å². The van der Waals surface area contributed by atoms with Crippen molar-refractivity contribution in [2.75, 3.05) is 4.90 Å². The van der Waals surface area contributed by atoms with E-state index in [0.29, 0.717) is 27.0 Å². The van der Waals surface area contributed by atoms with Crippen molar-refractivity contribution < 1.29 is 14.7 Å². The summed E-state index contributed by atoms with van der Waals surface area (Å²) >= 11 is 1.25. The van der Waals surface area contributed by atoms with Gasteiger partial charge in [0.25, 0.3) is 5.91 Å². The molecular formula is C28H23N3O3S. The number of nitrogens with zero attached hydrogens (tertiary/aromatic N) is 3. The van der Waals surface area contributed by atoms with Crippen LogP contribution in [0.25, 0.3) is 10.6 Å². The molecule has 0 saturated heterocycles. The quantitative estimate of drug-likeness (QED) is 0.358. The van der Waals surface area contributed by atoms with Crippen LogP contribution in [0.15, 0.2) is 84.3 Å². The Balaban J connectivity index is 1.63. The molecule has 6 nitrogen and oxygen atoms in total. The number of aromatic nitrogens is 2. The molecule has 1 aliphatic rings. The minimum atomic E-state index is -0.861. The molecule has 0 fully saturated rings. The third-order valence-electron chi connectivity index (χ3n) is 6.21. The number of benzene rings is 2. The van der Waals surface area contributed by atoms with Crippen LogP contribution in [-0.4, -0.2) is 26.8 Å². The van der Waals surface area contributed by atoms with E-state index in [-0.39, 0.29) is 5.57 Å². The van der Waals surface area contributed by atoms with E-state index in [1.165, 1.54) is 16.2 Å². The van der Waals surface area contributed by atoms with Crippen LogP contribution in [0.3, 0.4) is 0 Å². The second-order valence-electron chi connectivity index (χ2n) is 8.49. The molecular weight excluding hydrogens is 458 g/mol. The smallest absolute Gasteiger partial charge is 0.294 e. The van der Waals surface area contributed by atoms with Gasteiger partial charge in [-0.2, -0.15) is 0 Å². The highest BCUT2D eigenvalue weighted by atomic mass is 32.1. The fourth-order valence-electron chi connectivity index (χ4n) is 4.23. The molecule has 5 rings (SSSR count). The molecule has 0 bridgehead atoms. The number of hydrogen-bond acceptors (Lipinski definition) is 6. The van der Waals surface area contributed by atoms with E-state index in [1.807, 2.05) is 62.4 Å².